The van der Waals surface area contributed by atoms with Crippen molar-refractivity contribution >= 4 is 17.6 Å². The third kappa shape index (κ3) is 2.49. The van der Waals surface area contributed by atoms with E-state index in [1.807, 2.05) is 0 Å². The molecule has 106 valence electrons. The van der Waals surface area contributed by atoms with Crippen LogP contribution in [0.15, 0.2) is 24.4 Å². The monoisotopic (exact) mass is 304 g/mol. The summed E-state index contributed by atoms with van der Waals surface area (Å²) in [7, 11) is 1.45. The number of hydrogen-bond acceptors (Lipinski definition) is 2. The van der Waals surface area contributed by atoms with Crippen molar-refractivity contribution in [1.29, 1.82) is 0 Å². The highest BCUT2D eigenvalue weighted by Gasteiger charge is 2.34. The van der Waals surface area contributed by atoms with E-state index in [2.05, 4.69) is 5.10 Å². The Hall–Kier alpha value is -2.02. The van der Waals surface area contributed by atoms with Gasteiger partial charge in [-0.25, -0.2) is 4.79 Å². The molecule has 0 bridgehead atoms. The Morgan fingerprint density at radius 2 is 2.05 bits per heavy atom. The Morgan fingerprint density at radius 3 is 2.60 bits per heavy atom. The van der Waals surface area contributed by atoms with Gasteiger partial charge in [-0.3, -0.25) is 4.68 Å². The molecule has 0 saturated heterocycles. The second-order valence-electron chi connectivity index (χ2n) is 4.03. The Kier molecular flexibility index (Phi) is 3.47. The van der Waals surface area contributed by atoms with Gasteiger partial charge in [0.1, 0.15) is 5.56 Å². The lowest BCUT2D eigenvalue weighted by atomic mass is 10.0. The number of hydrogen-bond donors (Lipinski definition) is 1. The van der Waals surface area contributed by atoms with Crippen molar-refractivity contribution in [3.05, 3.63) is 40.5 Å². The first kappa shape index (κ1) is 14.4. The van der Waals surface area contributed by atoms with E-state index >= 15 is 0 Å². The summed E-state index contributed by atoms with van der Waals surface area (Å²) in [6, 6.07) is 3.21. The van der Waals surface area contributed by atoms with Crippen LogP contribution < -0.4 is 0 Å². The molecule has 1 aromatic heterocycles. The molecule has 0 aliphatic carbocycles. The van der Waals surface area contributed by atoms with Gasteiger partial charge in [0.25, 0.3) is 0 Å². The number of carbonyl (C=O) groups is 1. The number of alkyl halides is 3. The highest BCUT2D eigenvalue weighted by molar-refractivity contribution is 6.31. The minimum absolute atomic E-state index is 0.0825. The molecule has 0 radical (unpaired) electrons. The number of carboxylic acids is 1. The lowest BCUT2D eigenvalue weighted by Crippen LogP contribution is -2.07. The molecule has 0 unspecified atom stereocenters. The van der Waals surface area contributed by atoms with E-state index in [1.54, 1.807) is 0 Å². The van der Waals surface area contributed by atoms with Gasteiger partial charge in [0.2, 0.25) is 0 Å². The molecule has 1 N–H and O–H groups in total. The van der Waals surface area contributed by atoms with E-state index in [1.165, 1.54) is 17.8 Å². The topological polar surface area (TPSA) is 55.1 Å². The summed E-state index contributed by atoms with van der Waals surface area (Å²) in [6.07, 6.45) is -3.53. The first-order valence-corrected chi connectivity index (χ1v) is 5.72. The number of carboxylic acid groups (broad SMARTS) is 1. The number of rotatable bonds is 2. The molecule has 4 nitrogen and oxygen atoms in total. The summed E-state index contributed by atoms with van der Waals surface area (Å²) in [5, 5.41) is 12.3. The largest absolute Gasteiger partial charge is 0.478 e. The van der Waals surface area contributed by atoms with Crippen LogP contribution in [0.2, 0.25) is 5.02 Å². The maximum atomic E-state index is 12.8. The van der Waals surface area contributed by atoms with Crippen molar-refractivity contribution < 1.29 is 23.1 Å². The number of benzene rings is 1. The fourth-order valence-corrected chi connectivity index (χ4v) is 2.05. The second-order valence-corrected chi connectivity index (χ2v) is 4.44. The molecule has 2 aromatic rings. The zero-order valence-corrected chi connectivity index (χ0v) is 10.8. The number of aryl methyl sites for hydroxylation is 1. The Morgan fingerprint density at radius 1 is 1.40 bits per heavy atom. The van der Waals surface area contributed by atoms with Gasteiger partial charge in [0.05, 0.1) is 22.5 Å². The summed E-state index contributed by atoms with van der Waals surface area (Å²) < 4.78 is 39.6. The van der Waals surface area contributed by atoms with Crippen LogP contribution in [0.1, 0.15) is 15.9 Å². The first-order valence-electron chi connectivity index (χ1n) is 5.34. The van der Waals surface area contributed by atoms with Crippen molar-refractivity contribution in [3.63, 3.8) is 0 Å². The highest BCUT2D eigenvalue weighted by atomic mass is 35.5. The van der Waals surface area contributed by atoms with Crippen LogP contribution in [-0.4, -0.2) is 20.9 Å². The zero-order valence-electron chi connectivity index (χ0n) is 10.1. The summed E-state index contributed by atoms with van der Waals surface area (Å²) in [5.74, 6) is -1.27. The molecule has 2 rings (SSSR count). The number of nitrogens with zero attached hydrogens (tertiary/aromatic N) is 2. The van der Waals surface area contributed by atoms with Gasteiger partial charge in [0.15, 0.2) is 0 Å². The van der Waals surface area contributed by atoms with Crippen LogP contribution in [-0.2, 0) is 13.2 Å². The molecular weight excluding hydrogens is 297 g/mol. The van der Waals surface area contributed by atoms with E-state index in [-0.39, 0.29) is 16.8 Å². The lowest BCUT2D eigenvalue weighted by molar-refractivity contribution is -0.137. The maximum absolute atomic E-state index is 12.8. The van der Waals surface area contributed by atoms with Gasteiger partial charge in [-0.1, -0.05) is 17.7 Å². The van der Waals surface area contributed by atoms with E-state index in [9.17, 15) is 18.0 Å². The molecule has 0 spiro atoms. The molecule has 0 saturated carbocycles. The molecule has 8 heteroatoms. The SMILES string of the molecule is Cn1ncc(C(=O)O)c1-c1ccc(Cl)c(C(F)(F)F)c1. The second kappa shape index (κ2) is 4.82. The minimum Gasteiger partial charge on any atom is -0.478 e. The fraction of sp³-hybridized carbons (Fsp3) is 0.167. The molecule has 1 aromatic carbocycles. The van der Waals surface area contributed by atoms with Crippen molar-refractivity contribution in [1.82, 2.24) is 9.78 Å². The molecule has 0 fully saturated rings. The number of halogens is 4. The maximum Gasteiger partial charge on any atom is 0.417 e. The van der Waals surface area contributed by atoms with Crippen molar-refractivity contribution in [2.24, 2.45) is 7.05 Å². The van der Waals surface area contributed by atoms with Gasteiger partial charge < -0.3 is 5.11 Å². The molecule has 0 aliphatic rings. The standard InChI is InChI=1S/C12H8ClF3N2O2/c1-18-10(7(5-17-18)11(19)20)6-2-3-9(13)8(4-6)12(14,15)16/h2-5H,1H3,(H,19,20). The molecular formula is C12H8ClF3N2O2. The summed E-state index contributed by atoms with van der Waals surface area (Å²) >= 11 is 5.53. The van der Waals surface area contributed by atoms with Crippen molar-refractivity contribution in [3.8, 4) is 11.3 Å². The molecule has 0 aliphatic heterocycles. The van der Waals surface area contributed by atoms with Crippen LogP contribution in [0.25, 0.3) is 11.3 Å². The number of aromatic nitrogens is 2. The zero-order chi connectivity index (χ0) is 15.1. The van der Waals surface area contributed by atoms with E-state index < -0.39 is 22.7 Å². The van der Waals surface area contributed by atoms with Crippen LogP contribution in [0.5, 0.6) is 0 Å². The van der Waals surface area contributed by atoms with E-state index in [0.717, 1.165) is 18.3 Å². The molecule has 0 amide bonds. The summed E-state index contributed by atoms with van der Waals surface area (Å²) in [4.78, 5) is 11.1. The summed E-state index contributed by atoms with van der Waals surface area (Å²) in [6.45, 7) is 0. The third-order valence-corrected chi connectivity index (χ3v) is 3.04. The Bertz CT molecular complexity index is 680. The smallest absolute Gasteiger partial charge is 0.417 e. The molecule has 20 heavy (non-hydrogen) atoms. The van der Waals surface area contributed by atoms with Crippen LogP contribution >= 0.6 is 11.6 Å². The van der Waals surface area contributed by atoms with Gasteiger partial charge >= 0.3 is 12.1 Å². The van der Waals surface area contributed by atoms with Crippen LogP contribution in [0.3, 0.4) is 0 Å². The number of aromatic carboxylic acids is 1. The van der Waals surface area contributed by atoms with Gasteiger partial charge in [-0.05, 0) is 12.1 Å². The van der Waals surface area contributed by atoms with Crippen LogP contribution in [0.4, 0.5) is 13.2 Å². The van der Waals surface area contributed by atoms with Crippen molar-refractivity contribution in [2.45, 2.75) is 6.18 Å². The minimum atomic E-state index is -4.62. The Balaban J connectivity index is 2.66. The highest BCUT2D eigenvalue weighted by Crippen LogP contribution is 2.37. The predicted octanol–water partition coefficient (Wildman–Crippen LogP) is 3.46. The van der Waals surface area contributed by atoms with Gasteiger partial charge in [0, 0.05) is 12.6 Å². The molecule has 1 heterocycles. The van der Waals surface area contributed by atoms with Gasteiger partial charge in [-0.2, -0.15) is 18.3 Å². The fourth-order valence-electron chi connectivity index (χ4n) is 1.83. The lowest BCUT2D eigenvalue weighted by Gasteiger charge is -2.11. The average molecular weight is 305 g/mol. The van der Waals surface area contributed by atoms with Gasteiger partial charge in [-0.15, -0.1) is 0 Å². The normalized spacial score (nSPS) is 11.7. The quantitative estimate of drug-likeness (QED) is 0.924. The molecule has 0 atom stereocenters. The third-order valence-electron chi connectivity index (χ3n) is 2.71. The van der Waals surface area contributed by atoms with E-state index in [0.29, 0.717) is 0 Å². The predicted molar refractivity (Wildman–Crippen MR) is 65.6 cm³/mol. The van der Waals surface area contributed by atoms with E-state index in [4.69, 9.17) is 16.7 Å². The summed E-state index contributed by atoms with van der Waals surface area (Å²) in [5.41, 5.74) is -1.03. The first-order chi connectivity index (χ1) is 9.21. The Labute approximate surface area is 116 Å². The van der Waals surface area contributed by atoms with Crippen LogP contribution in [0, 0.1) is 0 Å². The average Bonchev–Trinajstić information content (AvgIpc) is 2.70. The van der Waals surface area contributed by atoms with Crippen molar-refractivity contribution in [2.75, 3.05) is 0 Å².